The third-order valence-electron chi connectivity index (χ3n) is 3.22. The molecule has 0 saturated heterocycles. The van der Waals surface area contributed by atoms with Crippen LogP contribution in [0.1, 0.15) is 17.0 Å². The Labute approximate surface area is 143 Å². The Kier molecular flexibility index (Phi) is 4.95. The molecule has 0 unspecified atom stereocenters. The fraction of sp³-hybridized carbons (Fsp3) is 0.214. The molecule has 0 saturated carbocycles. The van der Waals surface area contributed by atoms with Crippen molar-refractivity contribution < 1.29 is 0 Å². The van der Waals surface area contributed by atoms with Crippen LogP contribution >= 0.6 is 47.8 Å². The lowest BCUT2D eigenvalue weighted by molar-refractivity contribution is 0.856. The summed E-state index contributed by atoms with van der Waals surface area (Å²) in [6.07, 6.45) is 0. The van der Waals surface area contributed by atoms with Crippen LogP contribution in [0.2, 0.25) is 0 Å². The molecule has 1 aromatic carbocycles. The minimum absolute atomic E-state index is 0.667. The van der Waals surface area contributed by atoms with Gasteiger partial charge in [0.05, 0.1) is 5.69 Å². The van der Waals surface area contributed by atoms with Crippen molar-refractivity contribution in [2.75, 3.05) is 5.32 Å². The predicted octanol–water partition coefficient (Wildman–Crippen LogP) is 5.10. The molecule has 1 heterocycles. The summed E-state index contributed by atoms with van der Waals surface area (Å²) in [4.78, 5) is 0. The molecule has 1 N–H and O–H groups in total. The quantitative estimate of drug-likeness (QED) is 0.690. The molecule has 0 aliphatic heterocycles. The number of benzene rings is 1. The van der Waals surface area contributed by atoms with Crippen LogP contribution in [0, 0.1) is 18.3 Å². The van der Waals surface area contributed by atoms with E-state index in [-0.39, 0.29) is 0 Å². The van der Waals surface area contributed by atoms with E-state index >= 15 is 0 Å². The highest BCUT2D eigenvalue weighted by molar-refractivity contribution is 9.11. The van der Waals surface area contributed by atoms with Crippen molar-refractivity contribution in [3.8, 4) is 6.07 Å². The van der Waals surface area contributed by atoms with Gasteiger partial charge < -0.3 is 9.88 Å². The third-order valence-corrected chi connectivity index (χ3v) is 4.93. The first-order valence-corrected chi connectivity index (χ1v) is 8.25. The zero-order valence-electron chi connectivity index (χ0n) is 11.0. The molecule has 0 bridgehead atoms. The van der Waals surface area contributed by atoms with Crippen LogP contribution in [0.4, 0.5) is 5.69 Å². The van der Waals surface area contributed by atoms with Gasteiger partial charge in [0.2, 0.25) is 0 Å². The Morgan fingerprint density at radius 3 is 2.30 bits per heavy atom. The molecule has 3 nitrogen and oxygen atoms in total. The fourth-order valence-electron chi connectivity index (χ4n) is 1.94. The van der Waals surface area contributed by atoms with Crippen LogP contribution in [0.5, 0.6) is 0 Å². The lowest BCUT2D eigenvalue weighted by Gasteiger charge is -2.11. The normalized spacial score (nSPS) is 10.4. The first kappa shape index (κ1) is 15.6. The second kappa shape index (κ2) is 6.33. The highest BCUT2D eigenvalue weighted by atomic mass is 79.9. The zero-order valence-corrected chi connectivity index (χ0v) is 15.7. The van der Waals surface area contributed by atoms with Crippen molar-refractivity contribution in [3.05, 3.63) is 48.6 Å². The van der Waals surface area contributed by atoms with Crippen molar-refractivity contribution >= 4 is 53.5 Å². The summed E-state index contributed by atoms with van der Waals surface area (Å²) in [5.41, 5.74) is 3.88. The largest absolute Gasteiger partial charge is 0.379 e. The fourth-order valence-corrected chi connectivity index (χ4v) is 4.48. The second-order valence-electron chi connectivity index (χ2n) is 4.41. The molecular weight excluding hydrogens is 450 g/mol. The van der Waals surface area contributed by atoms with Gasteiger partial charge in [0.1, 0.15) is 11.8 Å². The zero-order chi connectivity index (χ0) is 14.9. The maximum atomic E-state index is 9.05. The monoisotopic (exact) mass is 459 g/mol. The van der Waals surface area contributed by atoms with Gasteiger partial charge in [-0.3, -0.25) is 0 Å². The Morgan fingerprint density at radius 2 is 1.80 bits per heavy atom. The van der Waals surface area contributed by atoms with Gasteiger partial charge in [0, 0.05) is 32.7 Å². The smallest absolute Gasteiger partial charge is 0.120 e. The topological polar surface area (TPSA) is 40.8 Å². The number of hydrogen-bond donors (Lipinski definition) is 1. The van der Waals surface area contributed by atoms with E-state index in [1.165, 1.54) is 0 Å². The van der Waals surface area contributed by atoms with Crippen LogP contribution in [-0.4, -0.2) is 4.57 Å². The Balaban J connectivity index is 2.24. The molecule has 0 atom stereocenters. The van der Waals surface area contributed by atoms with Gasteiger partial charge in [-0.25, -0.2) is 0 Å². The summed E-state index contributed by atoms with van der Waals surface area (Å²) < 4.78 is 4.87. The number of aromatic nitrogens is 1. The molecule has 0 radical (unpaired) electrons. The van der Waals surface area contributed by atoms with Gasteiger partial charge in [-0.2, -0.15) is 5.26 Å². The second-order valence-corrected chi connectivity index (χ2v) is 7.03. The molecule has 6 heteroatoms. The average molecular weight is 462 g/mol. The Bertz CT molecular complexity index is 675. The van der Waals surface area contributed by atoms with Gasteiger partial charge in [0.25, 0.3) is 0 Å². The SMILES string of the molecule is Cc1c(CNc2c(Br)cc(Br)cc2Br)cc(C#N)n1C. The Morgan fingerprint density at radius 1 is 1.20 bits per heavy atom. The number of rotatable bonds is 3. The van der Waals surface area contributed by atoms with Crippen LogP contribution in [0.3, 0.4) is 0 Å². The molecule has 0 spiro atoms. The summed E-state index contributed by atoms with van der Waals surface area (Å²) in [5, 5.41) is 12.4. The van der Waals surface area contributed by atoms with E-state index in [2.05, 4.69) is 59.2 Å². The number of nitriles is 1. The highest BCUT2D eigenvalue weighted by Crippen LogP contribution is 2.34. The van der Waals surface area contributed by atoms with Crippen molar-refractivity contribution in [2.24, 2.45) is 7.05 Å². The first-order valence-electron chi connectivity index (χ1n) is 5.87. The molecule has 0 amide bonds. The molecular formula is C14H12Br3N3. The molecule has 104 valence electrons. The van der Waals surface area contributed by atoms with Crippen molar-refractivity contribution in [1.29, 1.82) is 5.26 Å². The van der Waals surface area contributed by atoms with E-state index in [1.807, 2.05) is 36.7 Å². The maximum Gasteiger partial charge on any atom is 0.120 e. The number of nitrogens with zero attached hydrogens (tertiary/aromatic N) is 2. The lowest BCUT2D eigenvalue weighted by atomic mass is 10.2. The van der Waals surface area contributed by atoms with E-state index in [1.54, 1.807) is 0 Å². The molecule has 20 heavy (non-hydrogen) atoms. The summed E-state index contributed by atoms with van der Waals surface area (Å²) in [6, 6.07) is 8.10. The van der Waals surface area contributed by atoms with Gasteiger partial charge in [-0.1, -0.05) is 15.9 Å². The molecule has 2 rings (SSSR count). The summed E-state index contributed by atoms with van der Waals surface area (Å²) >= 11 is 10.5. The van der Waals surface area contributed by atoms with Gasteiger partial charge in [0.15, 0.2) is 0 Å². The maximum absolute atomic E-state index is 9.05. The molecule has 1 aromatic heterocycles. The number of nitrogens with one attached hydrogen (secondary N) is 1. The minimum Gasteiger partial charge on any atom is -0.379 e. The summed E-state index contributed by atoms with van der Waals surface area (Å²) in [5.74, 6) is 0. The molecule has 0 fully saturated rings. The first-order chi connectivity index (χ1) is 9.43. The van der Waals surface area contributed by atoms with Crippen molar-refractivity contribution in [2.45, 2.75) is 13.5 Å². The highest BCUT2D eigenvalue weighted by Gasteiger charge is 2.11. The van der Waals surface area contributed by atoms with Crippen LogP contribution < -0.4 is 5.32 Å². The standard InChI is InChI=1S/C14H12Br3N3/c1-8-9(3-11(6-18)20(8)2)7-19-14-12(16)4-10(15)5-13(14)17/h3-5,19H,7H2,1-2H3. The van der Waals surface area contributed by atoms with E-state index < -0.39 is 0 Å². The molecule has 0 aliphatic carbocycles. The Hall–Kier alpha value is -0.770. The average Bonchev–Trinajstić information content (AvgIpc) is 2.65. The van der Waals surface area contributed by atoms with Crippen molar-refractivity contribution in [3.63, 3.8) is 0 Å². The van der Waals surface area contributed by atoms with Crippen molar-refractivity contribution in [1.82, 2.24) is 4.57 Å². The van der Waals surface area contributed by atoms with E-state index in [0.717, 1.165) is 30.4 Å². The summed E-state index contributed by atoms with van der Waals surface area (Å²) in [6.45, 7) is 2.68. The predicted molar refractivity (Wildman–Crippen MR) is 91.7 cm³/mol. The number of anilines is 1. The number of halogens is 3. The minimum atomic E-state index is 0.667. The van der Waals surface area contributed by atoms with E-state index in [0.29, 0.717) is 12.2 Å². The third kappa shape index (κ3) is 3.11. The van der Waals surface area contributed by atoms with Gasteiger partial charge in [-0.05, 0) is 62.5 Å². The van der Waals surface area contributed by atoms with E-state index in [9.17, 15) is 0 Å². The molecule has 0 aliphatic rings. The van der Waals surface area contributed by atoms with Crippen LogP contribution in [-0.2, 0) is 13.6 Å². The van der Waals surface area contributed by atoms with Gasteiger partial charge >= 0.3 is 0 Å². The van der Waals surface area contributed by atoms with Crippen LogP contribution in [0.25, 0.3) is 0 Å². The number of hydrogen-bond acceptors (Lipinski definition) is 2. The van der Waals surface area contributed by atoms with E-state index in [4.69, 9.17) is 5.26 Å². The van der Waals surface area contributed by atoms with Gasteiger partial charge in [-0.15, -0.1) is 0 Å². The summed E-state index contributed by atoms with van der Waals surface area (Å²) in [7, 11) is 1.91. The van der Waals surface area contributed by atoms with Crippen LogP contribution in [0.15, 0.2) is 31.6 Å². The lowest BCUT2D eigenvalue weighted by Crippen LogP contribution is -2.02. The molecule has 2 aromatic rings.